The molecule has 9 nitrogen and oxygen atoms in total. The van der Waals surface area contributed by atoms with Crippen LogP contribution in [-0.4, -0.2) is 35.3 Å². The zero-order valence-electron chi connectivity index (χ0n) is 15.5. The third kappa shape index (κ3) is 4.78. The number of nitrogens with one attached hydrogen (secondary N) is 2. The Morgan fingerprint density at radius 3 is 2.60 bits per heavy atom. The van der Waals surface area contributed by atoms with Crippen molar-refractivity contribution in [3.05, 3.63) is 53.5 Å². The first-order valence-electron chi connectivity index (χ1n) is 8.60. The molecule has 30 heavy (non-hydrogen) atoms. The van der Waals surface area contributed by atoms with Crippen molar-refractivity contribution in [3.8, 4) is 0 Å². The number of hydrogen-bond acceptors (Lipinski definition) is 9. The van der Waals surface area contributed by atoms with Gasteiger partial charge in [-0.1, -0.05) is 35.2 Å². The lowest BCUT2D eigenvalue weighted by Gasteiger charge is -2.07. The molecular formula is C18H15N5O4S3. The van der Waals surface area contributed by atoms with Gasteiger partial charge in [-0.05, 0) is 43.3 Å². The first-order chi connectivity index (χ1) is 14.4. The van der Waals surface area contributed by atoms with Crippen molar-refractivity contribution in [2.45, 2.75) is 17.0 Å². The van der Waals surface area contributed by atoms with Crippen LogP contribution in [0.5, 0.6) is 0 Å². The van der Waals surface area contributed by atoms with E-state index in [1.807, 2.05) is 24.3 Å². The number of aromatic nitrogens is 3. The number of carbonyl (C=O) groups is 1. The van der Waals surface area contributed by atoms with Gasteiger partial charge in [0.15, 0.2) is 5.58 Å². The Morgan fingerprint density at radius 1 is 1.13 bits per heavy atom. The molecule has 1 amide bonds. The minimum Gasteiger partial charge on any atom is -0.431 e. The summed E-state index contributed by atoms with van der Waals surface area (Å²) in [4.78, 5) is 16.5. The Labute approximate surface area is 180 Å². The molecule has 12 heteroatoms. The van der Waals surface area contributed by atoms with Crippen molar-refractivity contribution in [2.24, 2.45) is 0 Å². The molecule has 0 saturated heterocycles. The van der Waals surface area contributed by atoms with Gasteiger partial charge in [-0.3, -0.25) is 9.52 Å². The summed E-state index contributed by atoms with van der Waals surface area (Å²) in [7, 11) is -3.78. The molecule has 2 aromatic heterocycles. The van der Waals surface area contributed by atoms with E-state index in [1.165, 1.54) is 36.0 Å². The number of thioether (sulfide) groups is 1. The number of benzene rings is 2. The fourth-order valence-electron chi connectivity index (χ4n) is 2.47. The predicted molar refractivity (Wildman–Crippen MR) is 115 cm³/mol. The van der Waals surface area contributed by atoms with Gasteiger partial charge in [0, 0.05) is 5.69 Å². The molecule has 0 unspecified atom stereocenters. The van der Waals surface area contributed by atoms with Crippen LogP contribution >= 0.6 is 23.1 Å². The van der Waals surface area contributed by atoms with E-state index in [2.05, 4.69) is 25.2 Å². The fraction of sp³-hybridized carbons (Fsp3) is 0.111. The van der Waals surface area contributed by atoms with Gasteiger partial charge in [0.1, 0.15) is 10.5 Å². The van der Waals surface area contributed by atoms with Gasteiger partial charge in [0.2, 0.25) is 11.0 Å². The molecule has 2 heterocycles. The molecule has 4 aromatic rings. The summed E-state index contributed by atoms with van der Waals surface area (Å²) in [5.41, 5.74) is 1.87. The summed E-state index contributed by atoms with van der Waals surface area (Å²) in [6.45, 7) is 1.73. The van der Waals surface area contributed by atoms with Gasteiger partial charge in [-0.2, -0.15) is 0 Å². The molecular weight excluding hydrogens is 446 g/mol. The second-order valence-electron chi connectivity index (χ2n) is 6.04. The van der Waals surface area contributed by atoms with Crippen molar-refractivity contribution in [2.75, 3.05) is 15.8 Å². The van der Waals surface area contributed by atoms with Crippen LogP contribution in [0.25, 0.3) is 11.1 Å². The Balaban J connectivity index is 1.35. The third-order valence-electron chi connectivity index (χ3n) is 3.80. The number of sulfonamides is 1. The molecule has 4 rings (SSSR count). The van der Waals surface area contributed by atoms with Gasteiger partial charge in [0.05, 0.1) is 10.6 Å². The lowest BCUT2D eigenvalue weighted by atomic mass is 10.3. The molecule has 0 saturated carbocycles. The van der Waals surface area contributed by atoms with Crippen LogP contribution in [0.3, 0.4) is 0 Å². The molecule has 2 aromatic carbocycles. The van der Waals surface area contributed by atoms with Gasteiger partial charge in [-0.15, -0.1) is 10.2 Å². The van der Waals surface area contributed by atoms with Crippen molar-refractivity contribution < 1.29 is 17.6 Å². The summed E-state index contributed by atoms with van der Waals surface area (Å²) in [5, 5.41) is 11.5. The number of hydrogen-bond donors (Lipinski definition) is 2. The molecule has 0 aliphatic rings. The van der Waals surface area contributed by atoms with Crippen molar-refractivity contribution in [1.29, 1.82) is 0 Å². The lowest BCUT2D eigenvalue weighted by Crippen LogP contribution is -2.15. The molecule has 0 aliphatic carbocycles. The molecule has 0 radical (unpaired) electrons. The average molecular weight is 462 g/mol. The minimum atomic E-state index is -3.78. The summed E-state index contributed by atoms with van der Waals surface area (Å²) in [5.74, 6) is -0.162. The number of amides is 1. The van der Waals surface area contributed by atoms with E-state index in [0.29, 0.717) is 21.5 Å². The van der Waals surface area contributed by atoms with E-state index in [1.54, 1.807) is 6.92 Å². The van der Waals surface area contributed by atoms with Crippen molar-refractivity contribution in [1.82, 2.24) is 15.2 Å². The number of rotatable bonds is 7. The van der Waals surface area contributed by atoms with Crippen molar-refractivity contribution in [3.63, 3.8) is 0 Å². The van der Waals surface area contributed by atoms with Gasteiger partial charge < -0.3 is 9.73 Å². The maximum absolute atomic E-state index is 12.4. The van der Waals surface area contributed by atoms with E-state index in [-0.39, 0.29) is 21.7 Å². The predicted octanol–water partition coefficient (Wildman–Crippen LogP) is 3.52. The smallest absolute Gasteiger partial charge is 0.263 e. The highest BCUT2D eigenvalue weighted by Gasteiger charge is 2.17. The Bertz CT molecular complexity index is 1270. The van der Waals surface area contributed by atoms with Crippen LogP contribution in [0.2, 0.25) is 0 Å². The largest absolute Gasteiger partial charge is 0.431 e. The van der Waals surface area contributed by atoms with Gasteiger partial charge in [0.25, 0.3) is 15.2 Å². The summed E-state index contributed by atoms with van der Waals surface area (Å²) in [6, 6.07) is 13.2. The molecule has 0 spiro atoms. The number of anilines is 2. The topological polar surface area (TPSA) is 127 Å². The van der Waals surface area contributed by atoms with E-state index in [0.717, 1.165) is 16.9 Å². The maximum Gasteiger partial charge on any atom is 0.263 e. The SMILES string of the molecule is Cc1nnc(NS(=O)(=O)c2ccc(NC(=O)CSc3nc4ccccc4o3)cc2)s1. The molecule has 0 atom stereocenters. The molecule has 0 fully saturated rings. The van der Waals surface area contributed by atoms with E-state index < -0.39 is 10.0 Å². The monoisotopic (exact) mass is 461 g/mol. The van der Waals surface area contributed by atoms with Crippen LogP contribution in [0.1, 0.15) is 5.01 Å². The highest BCUT2D eigenvalue weighted by atomic mass is 32.2. The second-order valence-corrected chi connectivity index (χ2v) is 9.83. The average Bonchev–Trinajstić information content (AvgIpc) is 3.32. The molecule has 0 aliphatic heterocycles. The minimum absolute atomic E-state index is 0.0502. The normalized spacial score (nSPS) is 11.5. The Hall–Kier alpha value is -2.96. The van der Waals surface area contributed by atoms with Crippen LogP contribution in [0.4, 0.5) is 10.8 Å². The lowest BCUT2D eigenvalue weighted by molar-refractivity contribution is -0.113. The van der Waals surface area contributed by atoms with E-state index in [9.17, 15) is 13.2 Å². The fourth-order valence-corrected chi connectivity index (χ4v) is 4.93. The summed E-state index contributed by atoms with van der Waals surface area (Å²) >= 11 is 2.32. The highest BCUT2D eigenvalue weighted by Crippen LogP contribution is 2.24. The second kappa shape index (κ2) is 8.42. The number of nitrogens with zero attached hydrogens (tertiary/aromatic N) is 3. The first-order valence-corrected chi connectivity index (χ1v) is 11.9. The van der Waals surface area contributed by atoms with Crippen molar-refractivity contribution >= 4 is 60.9 Å². The number of carbonyl (C=O) groups excluding carboxylic acids is 1. The van der Waals surface area contributed by atoms with Crippen LogP contribution in [-0.2, 0) is 14.8 Å². The summed E-state index contributed by atoms with van der Waals surface area (Å²) < 4.78 is 32.7. The Morgan fingerprint density at radius 2 is 1.90 bits per heavy atom. The van der Waals surface area contributed by atoms with E-state index in [4.69, 9.17) is 4.42 Å². The maximum atomic E-state index is 12.4. The van der Waals surface area contributed by atoms with Gasteiger partial charge >= 0.3 is 0 Å². The zero-order chi connectivity index (χ0) is 21.1. The molecule has 2 N–H and O–H groups in total. The van der Waals surface area contributed by atoms with Gasteiger partial charge in [-0.25, -0.2) is 13.4 Å². The number of aryl methyl sites for hydroxylation is 1. The number of oxazole rings is 1. The van der Waals surface area contributed by atoms with Crippen LogP contribution in [0, 0.1) is 6.92 Å². The quantitative estimate of drug-likeness (QED) is 0.400. The number of para-hydroxylation sites is 2. The Kier molecular flexibility index (Phi) is 5.70. The third-order valence-corrected chi connectivity index (χ3v) is 6.86. The van der Waals surface area contributed by atoms with Crippen LogP contribution in [0.15, 0.2) is 63.1 Å². The summed E-state index contributed by atoms with van der Waals surface area (Å²) in [6.07, 6.45) is 0. The standard InChI is InChI=1S/C18H15N5O4S3/c1-11-21-22-17(29-11)23-30(25,26)13-8-6-12(7-9-13)19-16(24)10-28-18-20-14-4-2-3-5-15(14)27-18/h2-9H,10H2,1H3,(H,19,24)(H,22,23). The number of fused-ring (bicyclic) bond motifs is 1. The first kappa shape index (κ1) is 20.3. The van der Waals surface area contributed by atoms with E-state index >= 15 is 0 Å². The molecule has 154 valence electrons. The highest BCUT2D eigenvalue weighted by molar-refractivity contribution is 7.99. The zero-order valence-corrected chi connectivity index (χ0v) is 18.0. The molecule has 0 bridgehead atoms. The van der Waals surface area contributed by atoms with Crippen LogP contribution < -0.4 is 10.0 Å².